The summed E-state index contributed by atoms with van der Waals surface area (Å²) in [5.41, 5.74) is 7.89. The number of hydrogen-bond acceptors (Lipinski definition) is 5. The van der Waals surface area contributed by atoms with Crippen molar-refractivity contribution in [3.05, 3.63) is 45.5 Å². The largest absolute Gasteiger partial charge is 0.371 e. The van der Waals surface area contributed by atoms with E-state index in [0.717, 1.165) is 47.4 Å². The van der Waals surface area contributed by atoms with E-state index >= 15 is 0 Å². The van der Waals surface area contributed by atoms with E-state index in [2.05, 4.69) is 18.7 Å². The van der Waals surface area contributed by atoms with Crippen LogP contribution >= 0.6 is 0 Å². The molecule has 139 valence electrons. The van der Waals surface area contributed by atoms with Gasteiger partial charge in [-0.3, -0.25) is 9.36 Å². The number of aromatic nitrogens is 2. The van der Waals surface area contributed by atoms with Gasteiger partial charge in [0.25, 0.3) is 5.56 Å². The molecule has 2 fully saturated rings. The van der Waals surface area contributed by atoms with Crippen molar-refractivity contribution in [2.24, 2.45) is 17.6 Å². The average Bonchev–Trinajstić information content (AvgIpc) is 3.35. The normalized spacial score (nSPS) is 24.4. The van der Waals surface area contributed by atoms with Crippen molar-refractivity contribution in [1.29, 1.82) is 0 Å². The fourth-order valence-electron chi connectivity index (χ4n) is 4.36. The van der Waals surface area contributed by atoms with Crippen molar-refractivity contribution >= 4 is 16.6 Å². The number of fused-ring (bicyclic) bond motifs is 1. The zero-order valence-electron chi connectivity index (χ0n) is 15.3. The minimum Gasteiger partial charge on any atom is -0.371 e. The van der Waals surface area contributed by atoms with E-state index in [0.29, 0.717) is 17.2 Å². The SMILES string of the molecule is [CH2][C@@H](N)[C@H]1CN(c2ccc3c(=O)n(N)c(=O)n(C4CC4)c3c2C)C[C@H]1C. The number of aryl methyl sites for hydroxylation is 1. The van der Waals surface area contributed by atoms with Gasteiger partial charge in [-0.15, -0.1) is 0 Å². The Morgan fingerprint density at radius 3 is 2.50 bits per heavy atom. The van der Waals surface area contributed by atoms with Gasteiger partial charge in [0, 0.05) is 30.9 Å². The van der Waals surface area contributed by atoms with Crippen molar-refractivity contribution in [3.63, 3.8) is 0 Å². The summed E-state index contributed by atoms with van der Waals surface area (Å²) in [6.45, 7) is 9.90. The molecule has 1 aliphatic carbocycles. The summed E-state index contributed by atoms with van der Waals surface area (Å²) in [5, 5.41) is 0.498. The van der Waals surface area contributed by atoms with Crippen LogP contribution in [0.5, 0.6) is 0 Å². The molecule has 0 spiro atoms. The van der Waals surface area contributed by atoms with Gasteiger partial charge >= 0.3 is 5.69 Å². The standard InChI is InChI=1S/C19H26N5O2/c1-10-8-22(9-15(10)12(3)20)16-7-6-14-17(11(16)2)23(13-4-5-13)19(26)24(21)18(14)25/h6-7,10,12-13,15H,3-5,8-9,20-21H2,1-2H3/t10-,12-,15+/m1/s1. The molecule has 2 aliphatic rings. The van der Waals surface area contributed by atoms with Gasteiger partial charge in [-0.25, -0.2) is 4.79 Å². The molecule has 3 atom stereocenters. The van der Waals surface area contributed by atoms with Crippen molar-refractivity contribution < 1.29 is 0 Å². The molecule has 1 aliphatic heterocycles. The van der Waals surface area contributed by atoms with Crippen LogP contribution in [0.1, 0.15) is 31.4 Å². The van der Waals surface area contributed by atoms with Crippen LogP contribution in [0.25, 0.3) is 10.9 Å². The molecule has 0 bridgehead atoms. The molecule has 0 amide bonds. The maximum Gasteiger partial charge on any atom is 0.350 e. The Kier molecular flexibility index (Phi) is 3.87. The molecular formula is C19H26N5O2. The Labute approximate surface area is 152 Å². The van der Waals surface area contributed by atoms with Crippen molar-refractivity contribution in [3.8, 4) is 0 Å². The maximum atomic E-state index is 12.6. The van der Waals surface area contributed by atoms with E-state index in [1.54, 1.807) is 10.6 Å². The molecule has 1 saturated heterocycles. The van der Waals surface area contributed by atoms with Crippen molar-refractivity contribution in [2.75, 3.05) is 23.8 Å². The zero-order chi connectivity index (χ0) is 18.7. The van der Waals surface area contributed by atoms with Crippen LogP contribution in [-0.4, -0.2) is 28.4 Å². The number of hydrogen-bond donors (Lipinski definition) is 2. The van der Waals surface area contributed by atoms with Gasteiger partial charge in [0.05, 0.1) is 10.9 Å². The summed E-state index contributed by atoms with van der Waals surface area (Å²) < 4.78 is 2.44. The fourth-order valence-corrected chi connectivity index (χ4v) is 4.36. The summed E-state index contributed by atoms with van der Waals surface area (Å²) in [5.74, 6) is 6.51. The molecule has 1 aromatic heterocycles. The van der Waals surface area contributed by atoms with Gasteiger partial charge in [-0.2, -0.15) is 4.68 Å². The lowest BCUT2D eigenvalue weighted by Gasteiger charge is -2.24. The highest BCUT2D eigenvalue weighted by molar-refractivity contribution is 5.87. The average molecular weight is 356 g/mol. The summed E-state index contributed by atoms with van der Waals surface area (Å²) >= 11 is 0. The highest BCUT2D eigenvalue weighted by Gasteiger charge is 2.34. The van der Waals surface area contributed by atoms with Crippen LogP contribution in [0.15, 0.2) is 21.7 Å². The molecule has 7 nitrogen and oxygen atoms in total. The number of rotatable bonds is 3. The first-order chi connectivity index (χ1) is 12.3. The fraction of sp³-hybridized carbons (Fsp3) is 0.526. The molecular weight excluding hydrogens is 330 g/mol. The van der Waals surface area contributed by atoms with E-state index < -0.39 is 11.2 Å². The van der Waals surface area contributed by atoms with E-state index in [1.807, 2.05) is 13.0 Å². The van der Waals surface area contributed by atoms with Crippen molar-refractivity contribution in [2.45, 2.75) is 38.8 Å². The van der Waals surface area contributed by atoms with E-state index in [9.17, 15) is 9.59 Å². The quantitative estimate of drug-likeness (QED) is 0.791. The van der Waals surface area contributed by atoms with Crippen LogP contribution < -0.4 is 27.7 Å². The molecule has 2 heterocycles. The van der Waals surface area contributed by atoms with Gasteiger partial charge in [0.2, 0.25) is 0 Å². The molecule has 1 saturated carbocycles. The predicted molar refractivity (Wildman–Crippen MR) is 104 cm³/mol. The van der Waals surface area contributed by atoms with Gasteiger partial charge in [0.15, 0.2) is 0 Å². The second-order valence-electron chi connectivity index (χ2n) is 7.87. The second-order valence-corrected chi connectivity index (χ2v) is 7.87. The zero-order valence-corrected chi connectivity index (χ0v) is 15.3. The van der Waals surface area contributed by atoms with Gasteiger partial charge in [-0.1, -0.05) is 6.92 Å². The van der Waals surface area contributed by atoms with E-state index in [-0.39, 0.29) is 12.1 Å². The number of anilines is 1. The van der Waals surface area contributed by atoms with Crippen LogP contribution in [0, 0.1) is 25.7 Å². The summed E-state index contributed by atoms with van der Waals surface area (Å²) in [6.07, 6.45) is 1.88. The van der Waals surface area contributed by atoms with Crippen LogP contribution in [0.3, 0.4) is 0 Å². The minimum absolute atomic E-state index is 0.107. The number of nitrogens with zero attached hydrogens (tertiary/aromatic N) is 3. The first kappa shape index (κ1) is 17.1. The number of benzene rings is 1. The summed E-state index contributed by atoms with van der Waals surface area (Å²) in [4.78, 5) is 27.4. The first-order valence-corrected chi connectivity index (χ1v) is 9.20. The monoisotopic (exact) mass is 356 g/mol. The van der Waals surface area contributed by atoms with Crippen LogP contribution in [-0.2, 0) is 0 Å². The summed E-state index contributed by atoms with van der Waals surface area (Å²) in [7, 11) is 0. The van der Waals surface area contributed by atoms with Crippen LogP contribution in [0.2, 0.25) is 0 Å². The molecule has 4 rings (SSSR count). The minimum atomic E-state index is -0.441. The molecule has 1 aromatic carbocycles. The third-order valence-electron chi connectivity index (χ3n) is 5.98. The lowest BCUT2D eigenvalue weighted by atomic mass is 9.92. The second kappa shape index (κ2) is 5.87. The van der Waals surface area contributed by atoms with Crippen LogP contribution in [0.4, 0.5) is 5.69 Å². The first-order valence-electron chi connectivity index (χ1n) is 9.20. The Bertz CT molecular complexity index is 986. The Balaban J connectivity index is 1.91. The molecule has 26 heavy (non-hydrogen) atoms. The topological polar surface area (TPSA) is 99.3 Å². The third kappa shape index (κ3) is 2.45. The number of nitrogens with two attached hydrogens (primary N) is 2. The maximum absolute atomic E-state index is 12.6. The molecule has 4 N–H and O–H groups in total. The number of nitrogen functional groups attached to an aromatic ring is 1. The van der Waals surface area contributed by atoms with Crippen molar-refractivity contribution in [1.82, 2.24) is 9.24 Å². The van der Waals surface area contributed by atoms with Gasteiger partial charge < -0.3 is 16.5 Å². The third-order valence-corrected chi connectivity index (χ3v) is 5.98. The summed E-state index contributed by atoms with van der Waals surface area (Å²) in [6, 6.07) is 3.78. The molecule has 7 heteroatoms. The smallest absolute Gasteiger partial charge is 0.350 e. The predicted octanol–water partition coefficient (Wildman–Crippen LogP) is 0.754. The Hall–Kier alpha value is -2.28. The molecule has 0 unspecified atom stereocenters. The van der Waals surface area contributed by atoms with E-state index in [4.69, 9.17) is 11.6 Å². The highest BCUT2D eigenvalue weighted by Crippen LogP contribution is 2.38. The highest BCUT2D eigenvalue weighted by atomic mass is 16.2. The lowest BCUT2D eigenvalue weighted by molar-refractivity contribution is 0.411. The molecule has 1 radical (unpaired) electrons. The Morgan fingerprint density at radius 1 is 1.23 bits per heavy atom. The van der Waals surface area contributed by atoms with Gasteiger partial charge in [-0.05, 0) is 56.2 Å². The van der Waals surface area contributed by atoms with E-state index in [1.165, 1.54) is 0 Å². The molecule has 2 aromatic rings. The van der Waals surface area contributed by atoms with Gasteiger partial charge in [0.1, 0.15) is 0 Å². The Morgan fingerprint density at radius 2 is 1.92 bits per heavy atom. The lowest BCUT2D eigenvalue weighted by Crippen LogP contribution is -2.44.